The molecule has 0 radical (unpaired) electrons. The summed E-state index contributed by atoms with van der Waals surface area (Å²) < 4.78 is 6.06. The second-order valence-corrected chi connectivity index (χ2v) is 15.1. The van der Waals surface area contributed by atoms with Crippen molar-refractivity contribution in [2.45, 2.75) is 12.3 Å². The fraction of sp³-hybridized carbons (Fsp3) is 0.0370. The summed E-state index contributed by atoms with van der Waals surface area (Å²) in [7, 11) is 0. The standard InChI is InChI=1S/C54H36N2O/c1-54(42-14-6-3-7-15-42)47-18-10-8-16-43(47)44-30-28-41(33-48(44)54)50-34-49(55-53(56-50)39-12-4-2-5-13-39)38-26-24-36(25-27-38)35-20-22-37(23-21-35)40-29-31-52-46(32-40)45-17-9-11-19-51(45)57-52/h2-34H,1H3. The first-order chi connectivity index (χ1) is 28.1. The minimum Gasteiger partial charge on any atom is -0.456 e. The SMILES string of the molecule is CC1(c2ccccc2)c2ccccc2-c2ccc(-c3cc(-c4ccc(-c5ccc(-c6ccc7oc8ccccc8c7c6)cc5)cc4)nc(-c4ccccc4)n3)cc21. The lowest BCUT2D eigenvalue weighted by atomic mass is 9.74. The van der Waals surface area contributed by atoms with Crippen LogP contribution in [0.3, 0.4) is 0 Å². The molecule has 8 aromatic carbocycles. The molecule has 11 rings (SSSR count). The third-order valence-corrected chi connectivity index (χ3v) is 11.8. The molecule has 2 aromatic heterocycles. The van der Waals surface area contributed by atoms with Crippen molar-refractivity contribution in [2.24, 2.45) is 0 Å². The molecule has 57 heavy (non-hydrogen) atoms. The Labute approximate surface area is 331 Å². The maximum Gasteiger partial charge on any atom is 0.160 e. The summed E-state index contributed by atoms with van der Waals surface area (Å²) in [6.45, 7) is 2.36. The number of hydrogen-bond donors (Lipinski definition) is 0. The zero-order valence-electron chi connectivity index (χ0n) is 31.4. The van der Waals surface area contributed by atoms with Gasteiger partial charge in [0.05, 0.1) is 11.4 Å². The van der Waals surface area contributed by atoms with E-state index in [4.69, 9.17) is 14.4 Å². The number of furan rings is 1. The monoisotopic (exact) mass is 728 g/mol. The molecule has 0 spiro atoms. The van der Waals surface area contributed by atoms with Gasteiger partial charge in [-0.1, -0.05) is 170 Å². The van der Waals surface area contributed by atoms with Crippen LogP contribution in [0, 0.1) is 0 Å². The van der Waals surface area contributed by atoms with Crippen LogP contribution < -0.4 is 0 Å². The van der Waals surface area contributed by atoms with E-state index in [1.165, 1.54) is 38.9 Å². The normalized spacial score (nSPS) is 14.5. The van der Waals surface area contributed by atoms with Crippen LogP contribution in [0.1, 0.15) is 23.6 Å². The average Bonchev–Trinajstić information content (AvgIpc) is 3.79. The molecule has 10 aromatic rings. The third kappa shape index (κ3) is 5.50. The zero-order valence-corrected chi connectivity index (χ0v) is 31.4. The fourth-order valence-electron chi connectivity index (χ4n) is 8.79. The maximum atomic E-state index is 6.06. The highest BCUT2D eigenvalue weighted by atomic mass is 16.3. The number of aromatic nitrogens is 2. The lowest BCUT2D eigenvalue weighted by Gasteiger charge is -2.28. The van der Waals surface area contributed by atoms with E-state index in [1.807, 2.05) is 30.3 Å². The van der Waals surface area contributed by atoms with Crippen molar-refractivity contribution < 1.29 is 4.42 Å². The van der Waals surface area contributed by atoms with Gasteiger partial charge in [0.1, 0.15) is 11.2 Å². The third-order valence-electron chi connectivity index (χ3n) is 11.8. The summed E-state index contributed by atoms with van der Waals surface area (Å²) in [4.78, 5) is 10.4. The van der Waals surface area contributed by atoms with E-state index in [1.54, 1.807) is 0 Å². The highest BCUT2D eigenvalue weighted by Crippen LogP contribution is 2.53. The Morgan fingerprint density at radius 2 is 0.912 bits per heavy atom. The quantitative estimate of drug-likeness (QED) is 0.171. The molecule has 0 bridgehead atoms. The summed E-state index contributed by atoms with van der Waals surface area (Å²) in [5, 5.41) is 2.28. The summed E-state index contributed by atoms with van der Waals surface area (Å²) in [6.07, 6.45) is 0. The van der Waals surface area contributed by atoms with Crippen molar-refractivity contribution in [3.63, 3.8) is 0 Å². The first kappa shape index (κ1) is 33.0. The minimum atomic E-state index is -0.294. The molecule has 1 unspecified atom stereocenters. The second-order valence-electron chi connectivity index (χ2n) is 15.1. The molecule has 2 heterocycles. The zero-order chi connectivity index (χ0) is 37.9. The summed E-state index contributed by atoms with van der Waals surface area (Å²) >= 11 is 0. The van der Waals surface area contributed by atoms with Gasteiger partial charge in [0.25, 0.3) is 0 Å². The van der Waals surface area contributed by atoms with Gasteiger partial charge in [-0.05, 0) is 87.3 Å². The van der Waals surface area contributed by atoms with Gasteiger partial charge >= 0.3 is 0 Å². The van der Waals surface area contributed by atoms with Gasteiger partial charge in [-0.25, -0.2) is 9.97 Å². The summed E-state index contributed by atoms with van der Waals surface area (Å²) in [5.74, 6) is 0.707. The minimum absolute atomic E-state index is 0.294. The first-order valence-electron chi connectivity index (χ1n) is 19.5. The molecule has 0 saturated heterocycles. The second kappa shape index (κ2) is 13.1. The van der Waals surface area contributed by atoms with Gasteiger partial charge in [0.2, 0.25) is 0 Å². The molecular formula is C54H36N2O. The van der Waals surface area contributed by atoms with E-state index in [2.05, 4.69) is 177 Å². The largest absolute Gasteiger partial charge is 0.456 e. The maximum absolute atomic E-state index is 6.06. The predicted molar refractivity (Wildman–Crippen MR) is 234 cm³/mol. The van der Waals surface area contributed by atoms with Crippen molar-refractivity contribution in [1.29, 1.82) is 0 Å². The molecule has 1 aliphatic rings. The molecule has 0 N–H and O–H groups in total. The van der Waals surface area contributed by atoms with Crippen molar-refractivity contribution in [3.05, 3.63) is 217 Å². The van der Waals surface area contributed by atoms with Crippen LogP contribution in [0.25, 0.3) is 89.2 Å². The highest BCUT2D eigenvalue weighted by molar-refractivity contribution is 6.06. The highest BCUT2D eigenvalue weighted by Gasteiger charge is 2.40. The van der Waals surface area contributed by atoms with Crippen LogP contribution in [0.15, 0.2) is 205 Å². The van der Waals surface area contributed by atoms with Crippen molar-refractivity contribution in [3.8, 4) is 67.3 Å². The number of rotatable bonds is 6. The molecule has 3 nitrogen and oxygen atoms in total. The molecule has 268 valence electrons. The lowest BCUT2D eigenvalue weighted by Crippen LogP contribution is -2.22. The number of benzene rings is 8. The van der Waals surface area contributed by atoms with Crippen LogP contribution in [0.2, 0.25) is 0 Å². The Kier molecular flexibility index (Phi) is 7.61. The fourth-order valence-corrected chi connectivity index (χ4v) is 8.79. The lowest BCUT2D eigenvalue weighted by molar-refractivity contribution is 0.669. The summed E-state index contributed by atoms with van der Waals surface area (Å²) in [5.41, 5.74) is 17.5. The Bertz CT molecular complexity index is 3110. The van der Waals surface area contributed by atoms with Gasteiger partial charge < -0.3 is 4.42 Å². The van der Waals surface area contributed by atoms with E-state index in [9.17, 15) is 0 Å². The Morgan fingerprint density at radius 3 is 1.67 bits per heavy atom. The van der Waals surface area contributed by atoms with E-state index < -0.39 is 0 Å². The molecule has 0 fully saturated rings. The van der Waals surface area contributed by atoms with Crippen LogP contribution in [-0.2, 0) is 5.41 Å². The van der Waals surface area contributed by atoms with E-state index in [-0.39, 0.29) is 5.41 Å². The van der Waals surface area contributed by atoms with Gasteiger partial charge in [-0.15, -0.1) is 0 Å². The Balaban J connectivity index is 0.950. The summed E-state index contributed by atoms with van der Waals surface area (Å²) in [6, 6.07) is 71.1. The van der Waals surface area contributed by atoms with Crippen molar-refractivity contribution in [1.82, 2.24) is 9.97 Å². The van der Waals surface area contributed by atoms with Gasteiger partial charge in [-0.3, -0.25) is 0 Å². The van der Waals surface area contributed by atoms with E-state index >= 15 is 0 Å². The molecule has 0 aliphatic heterocycles. The van der Waals surface area contributed by atoms with E-state index in [0.29, 0.717) is 5.82 Å². The smallest absolute Gasteiger partial charge is 0.160 e. The van der Waals surface area contributed by atoms with Gasteiger partial charge in [0.15, 0.2) is 5.82 Å². The molecule has 3 heteroatoms. The van der Waals surface area contributed by atoms with Crippen LogP contribution in [0.4, 0.5) is 0 Å². The predicted octanol–water partition coefficient (Wildman–Crippen LogP) is 14.0. The molecule has 1 atom stereocenters. The number of nitrogens with zero attached hydrogens (tertiary/aromatic N) is 2. The van der Waals surface area contributed by atoms with Crippen molar-refractivity contribution >= 4 is 21.9 Å². The number of hydrogen-bond acceptors (Lipinski definition) is 3. The van der Waals surface area contributed by atoms with Crippen LogP contribution >= 0.6 is 0 Å². The first-order valence-corrected chi connectivity index (χ1v) is 19.5. The topological polar surface area (TPSA) is 38.9 Å². The molecular weight excluding hydrogens is 693 g/mol. The van der Waals surface area contributed by atoms with Gasteiger partial charge in [-0.2, -0.15) is 0 Å². The van der Waals surface area contributed by atoms with Crippen LogP contribution in [-0.4, -0.2) is 9.97 Å². The Hall–Kier alpha value is -7.36. The number of fused-ring (bicyclic) bond motifs is 6. The molecule has 0 saturated carbocycles. The van der Waals surface area contributed by atoms with Gasteiger partial charge in [0, 0.05) is 32.9 Å². The average molecular weight is 729 g/mol. The van der Waals surface area contributed by atoms with E-state index in [0.717, 1.165) is 61.1 Å². The number of para-hydroxylation sites is 1. The molecule has 1 aliphatic carbocycles. The molecule has 0 amide bonds. The van der Waals surface area contributed by atoms with Crippen LogP contribution in [0.5, 0.6) is 0 Å². The Morgan fingerprint density at radius 1 is 0.368 bits per heavy atom. The van der Waals surface area contributed by atoms with Crippen molar-refractivity contribution in [2.75, 3.05) is 0 Å².